The summed E-state index contributed by atoms with van der Waals surface area (Å²) in [6.45, 7) is 0. The molecule has 2 aromatic heterocycles. The minimum atomic E-state index is -0.549. The topological polar surface area (TPSA) is 135 Å². The number of amides is 1. The number of aromatic nitrogens is 5. The lowest BCUT2D eigenvalue weighted by Gasteiger charge is -2.03. The average molecular weight is 311 g/mol. The number of aryl methyl sites for hydroxylation is 2. The van der Waals surface area contributed by atoms with Crippen molar-refractivity contribution in [1.29, 1.82) is 0 Å². The van der Waals surface area contributed by atoms with Gasteiger partial charge in [-0.05, 0) is 21.7 Å². The molecule has 0 saturated carbocycles. The zero-order chi connectivity index (χ0) is 15.6. The molecule has 0 aliphatic rings. The molecule has 0 radical (unpaired) electrons. The van der Waals surface area contributed by atoms with Crippen LogP contribution < -0.4 is 5.73 Å². The van der Waals surface area contributed by atoms with Crippen LogP contribution in [0.25, 0.3) is 0 Å². The molecule has 0 fully saturated rings. The predicted octanol–water partition coefficient (Wildman–Crippen LogP) is 0.0259. The molecule has 0 aliphatic heterocycles. The first kappa shape index (κ1) is 15.0. The summed E-state index contributed by atoms with van der Waals surface area (Å²) in [4.78, 5) is 24.9. The van der Waals surface area contributed by atoms with Crippen LogP contribution in [0, 0.1) is 10.1 Å². The maximum absolute atomic E-state index is 10.9. The van der Waals surface area contributed by atoms with Crippen LogP contribution in [-0.4, -0.2) is 35.1 Å². The van der Waals surface area contributed by atoms with E-state index in [0.717, 1.165) is 11.8 Å². The molecule has 0 aliphatic carbocycles. The van der Waals surface area contributed by atoms with Crippen LogP contribution in [0.15, 0.2) is 16.5 Å². The van der Waals surface area contributed by atoms with Gasteiger partial charge >= 0.3 is 5.82 Å². The highest BCUT2D eigenvalue weighted by molar-refractivity contribution is 7.99. The second-order valence-corrected chi connectivity index (χ2v) is 5.22. The van der Waals surface area contributed by atoms with Crippen LogP contribution in [-0.2, 0) is 25.3 Å². The number of hydrogen-bond donors (Lipinski definition) is 1. The molecule has 0 aromatic carbocycles. The number of nitro groups is 1. The minimum Gasteiger partial charge on any atom is -0.370 e. The molecule has 0 unspecified atom stereocenters. The van der Waals surface area contributed by atoms with Crippen molar-refractivity contribution in [3.05, 3.63) is 22.3 Å². The Bertz CT molecular complexity index is 693. The van der Waals surface area contributed by atoms with Gasteiger partial charge in [-0.1, -0.05) is 0 Å². The van der Waals surface area contributed by atoms with Gasteiger partial charge in [0.2, 0.25) is 12.2 Å². The SMILES string of the molecule is Cn1cnc([N+](=O)[O-])c1Sc1nnc(CCC(N)=O)n1C. The lowest BCUT2D eigenvalue weighted by molar-refractivity contribution is -0.392. The summed E-state index contributed by atoms with van der Waals surface area (Å²) < 4.78 is 3.21. The number of nitrogens with zero attached hydrogens (tertiary/aromatic N) is 6. The molecular weight excluding hydrogens is 298 g/mol. The molecule has 112 valence electrons. The second-order valence-electron chi connectivity index (χ2n) is 4.27. The maximum Gasteiger partial charge on any atom is 0.396 e. The van der Waals surface area contributed by atoms with E-state index in [1.54, 1.807) is 23.2 Å². The highest BCUT2D eigenvalue weighted by Crippen LogP contribution is 2.32. The van der Waals surface area contributed by atoms with Crippen molar-refractivity contribution in [2.24, 2.45) is 19.8 Å². The van der Waals surface area contributed by atoms with Crippen molar-refractivity contribution in [1.82, 2.24) is 24.3 Å². The van der Waals surface area contributed by atoms with Crippen molar-refractivity contribution >= 4 is 23.5 Å². The van der Waals surface area contributed by atoms with Gasteiger partial charge in [0.1, 0.15) is 5.82 Å². The summed E-state index contributed by atoms with van der Waals surface area (Å²) in [6, 6.07) is 0. The highest BCUT2D eigenvalue weighted by Gasteiger charge is 2.23. The number of carbonyl (C=O) groups is 1. The molecule has 0 spiro atoms. The van der Waals surface area contributed by atoms with E-state index in [9.17, 15) is 14.9 Å². The Balaban J connectivity index is 2.23. The first-order valence-electron chi connectivity index (χ1n) is 5.90. The first-order valence-corrected chi connectivity index (χ1v) is 6.72. The van der Waals surface area contributed by atoms with Crippen molar-refractivity contribution in [2.75, 3.05) is 0 Å². The molecule has 10 nitrogen and oxygen atoms in total. The minimum absolute atomic E-state index is 0.169. The summed E-state index contributed by atoms with van der Waals surface area (Å²) in [5, 5.41) is 19.7. The smallest absolute Gasteiger partial charge is 0.370 e. The van der Waals surface area contributed by atoms with Crippen LogP contribution in [0.4, 0.5) is 5.82 Å². The fraction of sp³-hybridized carbons (Fsp3) is 0.400. The second kappa shape index (κ2) is 5.91. The summed E-state index contributed by atoms with van der Waals surface area (Å²) in [6.07, 6.45) is 1.90. The zero-order valence-corrected chi connectivity index (χ0v) is 12.2. The zero-order valence-electron chi connectivity index (χ0n) is 11.4. The Morgan fingerprint density at radius 2 is 2.19 bits per heavy atom. The standard InChI is InChI=1S/C10H13N7O3S/c1-15-5-12-8(17(19)20)9(15)21-10-14-13-7(16(10)2)4-3-6(11)18/h5H,3-4H2,1-2H3,(H2,11,18). The van der Waals surface area contributed by atoms with Crippen LogP contribution in [0.2, 0.25) is 0 Å². The third-order valence-corrected chi connectivity index (χ3v) is 3.95. The van der Waals surface area contributed by atoms with E-state index in [-0.39, 0.29) is 12.2 Å². The number of carbonyl (C=O) groups excluding carboxylic acids is 1. The lowest BCUT2D eigenvalue weighted by atomic mass is 10.3. The fourth-order valence-electron chi connectivity index (χ4n) is 1.62. The van der Waals surface area contributed by atoms with Crippen LogP contribution in [0.3, 0.4) is 0 Å². The summed E-state index contributed by atoms with van der Waals surface area (Å²) in [5.41, 5.74) is 5.09. The Morgan fingerprint density at radius 1 is 1.48 bits per heavy atom. The van der Waals surface area contributed by atoms with E-state index in [4.69, 9.17) is 5.73 Å². The number of hydrogen-bond acceptors (Lipinski definition) is 7. The summed E-state index contributed by atoms with van der Waals surface area (Å²) in [7, 11) is 3.38. The van der Waals surface area contributed by atoms with E-state index < -0.39 is 10.8 Å². The van der Waals surface area contributed by atoms with Gasteiger partial charge in [-0.2, -0.15) is 0 Å². The number of primary amides is 1. The van der Waals surface area contributed by atoms with E-state index in [0.29, 0.717) is 22.4 Å². The molecule has 2 rings (SSSR count). The summed E-state index contributed by atoms with van der Waals surface area (Å²) in [5.74, 6) is -0.0696. The van der Waals surface area contributed by atoms with E-state index in [1.165, 1.54) is 6.33 Å². The van der Waals surface area contributed by atoms with Crippen LogP contribution >= 0.6 is 11.8 Å². The molecule has 21 heavy (non-hydrogen) atoms. The molecular formula is C10H13N7O3S. The fourth-order valence-corrected chi connectivity index (χ4v) is 2.53. The maximum atomic E-state index is 10.9. The molecule has 0 atom stereocenters. The number of nitrogens with two attached hydrogens (primary N) is 1. The monoisotopic (exact) mass is 311 g/mol. The van der Waals surface area contributed by atoms with E-state index in [1.807, 2.05) is 0 Å². The normalized spacial score (nSPS) is 10.8. The Labute approximate surface area is 123 Å². The van der Waals surface area contributed by atoms with Gasteiger partial charge in [0.25, 0.3) is 0 Å². The van der Waals surface area contributed by atoms with Gasteiger partial charge in [0.05, 0.1) is 0 Å². The Morgan fingerprint density at radius 3 is 2.81 bits per heavy atom. The highest BCUT2D eigenvalue weighted by atomic mass is 32.2. The molecule has 2 N–H and O–H groups in total. The third kappa shape index (κ3) is 3.18. The molecule has 2 heterocycles. The number of rotatable bonds is 6. The van der Waals surface area contributed by atoms with Crippen molar-refractivity contribution < 1.29 is 9.72 Å². The Kier molecular flexibility index (Phi) is 4.21. The van der Waals surface area contributed by atoms with E-state index >= 15 is 0 Å². The lowest BCUT2D eigenvalue weighted by Crippen LogP contribution is -2.12. The number of imidazole rings is 1. The Hall–Kier alpha value is -2.43. The van der Waals surface area contributed by atoms with E-state index in [2.05, 4.69) is 15.2 Å². The van der Waals surface area contributed by atoms with Crippen molar-refractivity contribution in [3.63, 3.8) is 0 Å². The first-order chi connectivity index (χ1) is 9.90. The predicted molar refractivity (Wildman–Crippen MR) is 72.5 cm³/mol. The van der Waals surface area contributed by atoms with Crippen LogP contribution in [0.5, 0.6) is 0 Å². The van der Waals surface area contributed by atoms with Crippen molar-refractivity contribution in [3.8, 4) is 0 Å². The van der Waals surface area contributed by atoms with Gasteiger partial charge in [-0.25, -0.2) is 0 Å². The molecule has 1 amide bonds. The molecule has 0 bridgehead atoms. The van der Waals surface area contributed by atoms with Gasteiger partial charge in [0.15, 0.2) is 10.2 Å². The van der Waals surface area contributed by atoms with Gasteiger partial charge < -0.3 is 25.0 Å². The summed E-state index contributed by atoms with van der Waals surface area (Å²) >= 11 is 1.09. The third-order valence-electron chi connectivity index (χ3n) is 2.75. The van der Waals surface area contributed by atoms with Gasteiger partial charge in [-0.3, -0.25) is 4.79 Å². The molecule has 11 heteroatoms. The molecule has 0 saturated heterocycles. The molecule has 2 aromatic rings. The van der Waals surface area contributed by atoms with Gasteiger partial charge in [-0.15, -0.1) is 10.2 Å². The largest absolute Gasteiger partial charge is 0.396 e. The average Bonchev–Trinajstić information content (AvgIpc) is 2.93. The van der Waals surface area contributed by atoms with Gasteiger partial charge in [0, 0.05) is 26.9 Å². The van der Waals surface area contributed by atoms with Crippen LogP contribution in [0.1, 0.15) is 12.2 Å². The van der Waals surface area contributed by atoms with Crippen molar-refractivity contribution in [2.45, 2.75) is 23.0 Å². The quantitative estimate of drug-likeness (QED) is 0.587.